The number of hydrogen-bond acceptors (Lipinski definition) is 2. The van der Waals surface area contributed by atoms with Crippen molar-refractivity contribution in [3.63, 3.8) is 0 Å². The summed E-state index contributed by atoms with van der Waals surface area (Å²) in [6.07, 6.45) is 1.86. The zero-order valence-electron chi connectivity index (χ0n) is 4.56. The Kier molecular flexibility index (Phi) is 2.37. The van der Waals surface area contributed by atoms with Gasteiger partial charge in [-0.3, -0.25) is 4.79 Å². The summed E-state index contributed by atoms with van der Waals surface area (Å²) < 4.78 is 0. The van der Waals surface area contributed by atoms with E-state index >= 15 is 0 Å². The first-order valence-corrected chi connectivity index (χ1v) is 2.76. The average Bonchev–Trinajstić information content (AvgIpc) is 1.68. The molecule has 0 rings (SSSR count). The molecule has 0 fully saturated rings. The molecular formula is C5H9OS. The molecule has 0 saturated carbocycles. The van der Waals surface area contributed by atoms with Crippen LogP contribution in [-0.4, -0.2) is 12.0 Å². The third-order valence-corrected chi connectivity index (χ3v) is 1.46. The average molecular weight is 117 g/mol. The monoisotopic (exact) mass is 117 g/mol. The molecule has 0 spiro atoms. The molecule has 0 amide bonds. The van der Waals surface area contributed by atoms with E-state index in [9.17, 15) is 4.79 Å². The second kappa shape index (κ2) is 2.36. The van der Waals surface area contributed by atoms with Crippen molar-refractivity contribution in [2.75, 3.05) is 5.75 Å². The lowest BCUT2D eigenvalue weighted by Gasteiger charge is -2.08. The van der Waals surface area contributed by atoms with Gasteiger partial charge >= 0.3 is 0 Å². The Balaban J connectivity index is 3.58. The van der Waals surface area contributed by atoms with E-state index in [4.69, 9.17) is 0 Å². The molecule has 0 unspecified atom stereocenters. The van der Waals surface area contributed by atoms with Crippen molar-refractivity contribution in [1.29, 1.82) is 0 Å². The van der Waals surface area contributed by atoms with Crippen molar-refractivity contribution in [1.82, 2.24) is 0 Å². The first-order chi connectivity index (χ1) is 3.12. The third kappa shape index (κ3) is 2.68. The Hall–Kier alpha value is 0.0200. The van der Waals surface area contributed by atoms with Crippen LogP contribution >= 0.6 is 12.6 Å². The predicted molar refractivity (Wildman–Crippen MR) is 33.3 cm³/mol. The maximum atomic E-state index is 9.88. The van der Waals surface area contributed by atoms with Gasteiger partial charge in [0.2, 0.25) is 6.29 Å². The molecule has 0 N–H and O–H groups in total. The summed E-state index contributed by atoms with van der Waals surface area (Å²) in [6, 6.07) is 0. The van der Waals surface area contributed by atoms with Crippen LogP contribution in [0.1, 0.15) is 13.8 Å². The minimum atomic E-state index is -0.358. The molecular weight excluding hydrogens is 108 g/mol. The minimum Gasteiger partial charge on any atom is -0.290 e. The van der Waals surface area contributed by atoms with Crippen LogP contribution in [0.2, 0.25) is 0 Å². The van der Waals surface area contributed by atoms with E-state index in [0.717, 1.165) is 0 Å². The van der Waals surface area contributed by atoms with Crippen LogP contribution < -0.4 is 0 Å². The molecule has 0 aromatic carbocycles. The van der Waals surface area contributed by atoms with E-state index < -0.39 is 0 Å². The molecule has 1 radical (unpaired) electrons. The highest BCUT2D eigenvalue weighted by Gasteiger charge is 2.13. The normalized spacial score (nSPS) is 11.3. The highest BCUT2D eigenvalue weighted by atomic mass is 32.1. The van der Waals surface area contributed by atoms with Crippen molar-refractivity contribution in [2.45, 2.75) is 13.8 Å². The van der Waals surface area contributed by atoms with Gasteiger partial charge in [-0.2, -0.15) is 12.6 Å². The second-order valence-corrected chi connectivity index (χ2v) is 2.46. The van der Waals surface area contributed by atoms with Gasteiger partial charge < -0.3 is 0 Å². The largest absolute Gasteiger partial charge is 0.290 e. The van der Waals surface area contributed by atoms with Crippen LogP contribution in [0.5, 0.6) is 0 Å². The van der Waals surface area contributed by atoms with Crippen molar-refractivity contribution >= 4 is 18.9 Å². The van der Waals surface area contributed by atoms with Crippen LogP contribution in [-0.2, 0) is 4.79 Å². The van der Waals surface area contributed by atoms with Crippen LogP contribution in [0.4, 0.5) is 0 Å². The zero-order valence-corrected chi connectivity index (χ0v) is 5.46. The van der Waals surface area contributed by atoms with Gasteiger partial charge in [-0.05, 0) is 0 Å². The molecule has 0 aromatic heterocycles. The Morgan fingerprint density at radius 1 is 1.71 bits per heavy atom. The maximum absolute atomic E-state index is 9.88. The summed E-state index contributed by atoms with van der Waals surface area (Å²) in [5.74, 6) is 0.566. The fraction of sp³-hybridized carbons (Fsp3) is 0.800. The Morgan fingerprint density at radius 2 is 2.14 bits per heavy atom. The van der Waals surface area contributed by atoms with Crippen LogP contribution in [0, 0.1) is 5.41 Å². The highest BCUT2D eigenvalue weighted by molar-refractivity contribution is 7.80. The first-order valence-electron chi connectivity index (χ1n) is 2.12. The number of rotatable bonds is 2. The van der Waals surface area contributed by atoms with Gasteiger partial charge in [-0.1, -0.05) is 13.8 Å². The smallest absolute Gasteiger partial charge is 0.205 e. The lowest BCUT2D eigenvalue weighted by atomic mass is 10.00. The SMILES string of the molecule is CC(C)([C]=O)CS. The fourth-order valence-corrected chi connectivity index (χ4v) is 0.0968. The van der Waals surface area contributed by atoms with Crippen molar-refractivity contribution in [3.8, 4) is 0 Å². The summed E-state index contributed by atoms with van der Waals surface area (Å²) >= 11 is 3.92. The molecule has 0 heterocycles. The van der Waals surface area contributed by atoms with Gasteiger partial charge in [-0.25, -0.2) is 0 Å². The van der Waals surface area contributed by atoms with Crippen LogP contribution in [0.25, 0.3) is 0 Å². The third-order valence-electron chi connectivity index (χ3n) is 0.672. The van der Waals surface area contributed by atoms with Crippen LogP contribution in [0.15, 0.2) is 0 Å². The minimum absolute atomic E-state index is 0.358. The summed E-state index contributed by atoms with van der Waals surface area (Å²) in [5, 5.41) is 0. The van der Waals surface area contributed by atoms with E-state index in [-0.39, 0.29) is 5.41 Å². The molecule has 0 aliphatic heterocycles. The number of thiol groups is 1. The molecule has 0 aliphatic rings. The van der Waals surface area contributed by atoms with Gasteiger partial charge in [0.1, 0.15) is 0 Å². The first kappa shape index (κ1) is 7.02. The second-order valence-electron chi connectivity index (χ2n) is 2.14. The quantitative estimate of drug-likeness (QED) is 0.535. The topological polar surface area (TPSA) is 17.1 Å². The van der Waals surface area contributed by atoms with Gasteiger partial charge in [0.05, 0.1) is 0 Å². The summed E-state index contributed by atoms with van der Waals surface area (Å²) in [5.41, 5.74) is -0.358. The van der Waals surface area contributed by atoms with E-state index in [1.54, 1.807) is 13.8 Å². The van der Waals surface area contributed by atoms with Gasteiger partial charge in [0.15, 0.2) is 0 Å². The highest BCUT2D eigenvalue weighted by Crippen LogP contribution is 2.11. The standard InChI is InChI=1S/C5H9OS/c1-5(2,3-6)4-7/h7H,4H2,1-2H3. The van der Waals surface area contributed by atoms with Gasteiger partial charge in [-0.15, -0.1) is 0 Å². The van der Waals surface area contributed by atoms with E-state index in [2.05, 4.69) is 12.6 Å². The predicted octanol–water partition coefficient (Wildman–Crippen LogP) is 1.05. The molecule has 0 saturated heterocycles. The van der Waals surface area contributed by atoms with E-state index in [1.807, 2.05) is 6.29 Å². The summed E-state index contributed by atoms with van der Waals surface area (Å²) in [4.78, 5) is 9.88. The van der Waals surface area contributed by atoms with Gasteiger partial charge in [0, 0.05) is 11.2 Å². The molecule has 7 heavy (non-hydrogen) atoms. The maximum Gasteiger partial charge on any atom is 0.205 e. The van der Waals surface area contributed by atoms with Gasteiger partial charge in [0.25, 0.3) is 0 Å². The molecule has 0 aromatic rings. The fourth-order valence-electron chi connectivity index (χ4n) is 0.0323. The lowest BCUT2D eigenvalue weighted by Crippen LogP contribution is -2.13. The van der Waals surface area contributed by atoms with Crippen LogP contribution in [0.3, 0.4) is 0 Å². The molecule has 1 nitrogen and oxygen atoms in total. The molecule has 0 aliphatic carbocycles. The summed E-state index contributed by atoms with van der Waals surface area (Å²) in [7, 11) is 0. The van der Waals surface area contributed by atoms with E-state index in [1.165, 1.54) is 0 Å². The summed E-state index contributed by atoms with van der Waals surface area (Å²) in [6.45, 7) is 3.60. The van der Waals surface area contributed by atoms with E-state index in [0.29, 0.717) is 5.75 Å². The molecule has 41 valence electrons. The van der Waals surface area contributed by atoms with Crippen molar-refractivity contribution in [3.05, 3.63) is 0 Å². The molecule has 0 bridgehead atoms. The Morgan fingerprint density at radius 3 is 2.14 bits per heavy atom. The Labute approximate surface area is 49.5 Å². The zero-order chi connectivity index (χ0) is 5.91. The van der Waals surface area contributed by atoms with Crippen molar-refractivity contribution in [2.24, 2.45) is 5.41 Å². The number of hydrogen-bond donors (Lipinski definition) is 1. The lowest BCUT2D eigenvalue weighted by molar-refractivity contribution is 0.485. The molecule has 2 heteroatoms. The molecule has 0 atom stereocenters. The number of carbonyl (C=O) groups excluding carboxylic acids is 1. The Bertz CT molecular complexity index is 68.5. The van der Waals surface area contributed by atoms with Crippen molar-refractivity contribution < 1.29 is 4.79 Å².